The molecule has 0 saturated carbocycles. The number of ether oxygens (including phenoxy) is 1. The molecule has 3 heterocycles. The van der Waals surface area contributed by atoms with Gasteiger partial charge in [0.1, 0.15) is 12.4 Å². The maximum Gasteiger partial charge on any atom is 0.317 e. The Morgan fingerprint density at radius 1 is 1.19 bits per heavy atom. The van der Waals surface area contributed by atoms with E-state index in [9.17, 15) is 4.79 Å². The van der Waals surface area contributed by atoms with E-state index in [1.807, 2.05) is 47.4 Å². The summed E-state index contributed by atoms with van der Waals surface area (Å²) < 4.78 is 5.74. The lowest BCUT2D eigenvalue weighted by atomic mass is 10.1. The molecular weight excluding hydrogens is 358 g/mol. The zero-order valence-electron chi connectivity index (χ0n) is 14.9. The molecular formula is C21H21N3O2S. The topological polar surface area (TPSA) is 54.5 Å². The van der Waals surface area contributed by atoms with Crippen LogP contribution >= 0.6 is 11.3 Å². The van der Waals surface area contributed by atoms with Crippen LogP contribution < -0.4 is 10.1 Å². The molecule has 0 aliphatic carbocycles. The standard InChI is InChI=1S/C21H21N3O2S/c25-21(24-11-8-20-17(14-24)9-12-27-20)23-13-16-4-6-19(7-5-16)26-15-18-3-1-2-10-22-18/h1-7,9-10,12H,8,11,13-15H2,(H,23,25). The number of carbonyl (C=O) groups is 1. The van der Waals surface area contributed by atoms with E-state index in [1.165, 1.54) is 10.4 Å². The van der Waals surface area contributed by atoms with Gasteiger partial charge in [-0.1, -0.05) is 18.2 Å². The molecule has 0 radical (unpaired) electrons. The number of urea groups is 1. The van der Waals surface area contributed by atoms with Gasteiger partial charge in [-0.05, 0) is 53.3 Å². The number of benzene rings is 1. The van der Waals surface area contributed by atoms with Gasteiger partial charge in [0.2, 0.25) is 0 Å². The minimum absolute atomic E-state index is 0.0117. The Balaban J connectivity index is 1.26. The number of aromatic nitrogens is 1. The number of pyridine rings is 1. The molecule has 1 aliphatic rings. The van der Waals surface area contributed by atoms with Crippen LogP contribution in [0.4, 0.5) is 4.79 Å². The summed E-state index contributed by atoms with van der Waals surface area (Å²) in [6.45, 7) is 2.42. The Morgan fingerprint density at radius 2 is 2.07 bits per heavy atom. The fraction of sp³-hybridized carbons (Fsp3) is 0.238. The fourth-order valence-corrected chi connectivity index (χ4v) is 3.95. The monoisotopic (exact) mass is 379 g/mol. The molecule has 6 heteroatoms. The van der Waals surface area contributed by atoms with Crippen molar-refractivity contribution in [1.29, 1.82) is 0 Å². The number of thiophene rings is 1. The van der Waals surface area contributed by atoms with E-state index in [-0.39, 0.29) is 6.03 Å². The summed E-state index contributed by atoms with van der Waals surface area (Å²) in [5.74, 6) is 0.789. The summed E-state index contributed by atoms with van der Waals surface area (Å²) in [5.41, 5.74) is 3.21. The summed E-state index contributed by atoms with van der Waals surface area (Å²) in [5, 5.41) is 5.11. The highest BCUT2D eigenvalue weighted by Gasteiger charge is 2.21. The highest BCUT2D eigenvalue weighted by molar-refractivity contribution is 7.10. The van der Waals surface area contributed by atoms with Gasteiger partial charge in [0.05, 0.1) is 5.69 Å². The van der Waals surface area contributed by atoms with Gasteiger partial charge in [0, 0.05) is 30.7 Å². The van der Waals surface area contributed by atoms with Crippen molar-refractivity contribution in [3.63, 3.8) is 0 Å². The van der Waals surface area contributed by atoms with Crippen molar-refractivity contribution in [3.05, 3.63) is 81.8 Å². The predicted octanol–water partition coefficient (Wildman–Crippen LogP) is 3.99. The van der Waals surface area contributed by atoms with Gasteiger partial charge in [-0.3, -0.25) is 4.98 Å². The normalized spacial score (nSPS) is 13.1. The van der Waals surface area contributed by atoms with Crippen LogP contribution in [0.1, 0.15) is 21.7 Å². The Hall–Kier alpha value is -2.86. The minimum atomic E-state index is -0.0117. The predicted molar refractivity (Wildman–Crippen MR) is 106 cm³/mol. The summed E-state index contributed by atoms with van der Waals surface area (Å²) in [6.07, 6.45) is 2.70. The first-order valence-corrected chi connectivity index (χ1v) is 9.85. The van der Waals surface area contributed by atoms with E-state index >= 15 is 0 Å². The number of hydrogen-bond acceptors (Lipinski definition) is 4. The first-order chi connectivity index (χ1) is 13.3. The summed E-state index contributed by atoms with van der Waals surface area (Å²) in [7, 11) is 0. The summed E-state index contributed by atoms with van der Waals surface area (Å²) in [6, 6.07) is 15.7. The second kappa shape index (κ2) is 8.22. The number of hydrogen-bond donors (Lipinski definition) is 1. The lowest BCUT2D eigenvalue weighted by Crippen LogP contribution is -2.42. The van der Waals surface area contributed by atoms with E-state index in [0.29, 0.717) is 19.7 Å². The zero-order chi connectivity index (χ0) is 18.5. The third-order valence-electron chi connectivity index (χ3n) is 4.57. The SMILES string of the molecule is O=C(NCc1ccc(OCc2ccccn2)cc1)N1CCc2sccc2C1. The van der Waals surface area contributed by atoms with Crippen molar-refractivity contribution in [2.75, 3.05) is 6.54 Å². The van der Waals surface area contributed by atoms with Crippen LogP contribution in [-0.2, 0) is 26.1 Å². The number of carbonyl (C=O) groups excluding carboxylic acids is 1. The fourth-order valence-electron chi connectivity index (χ4n) is 3.06. The third-order valence-corrected chi connectivity index (χ3v) is 5.60. The van der Waals surface area contributed by atoms with Crippen molar-refractivity contribution < 1.29 is 9.53 Å². The molecule has 4 rings (SSSR count). The maximum absolute atomic E-state index is 12.4. The summed E-state index contributed by atoms with van der Waals surface area (Å²) >= 11 is 1.78. The first-order valence-electron chi connectivity index (χ1n) is 8.97. The lowest BCUT2D eigenvalue weighted by molar-refractivity contribution is 0.192. The molecule has 0 bridgehead atoms. The molecule has 5 nitrogen and oxygen atoms in total. The molecule has 2 aromatic heterocycles. The Bertz CT molecular complexity index is 893. The minimum Gasteiger partial charge on any atom is -0.487 e. The molecule has 3 aromatic rings. The molecule has 0 saturated heterocycles. The lowest BCUT2D eigenvalue weighted by Gasteiger charge is -2.27. The second-order valence-corrected chi connectivity index (χ2v) is 7.45. The van der Waals surface area contributed by atoms with Gasteiger partial charge in [-0.25, -0.2) is 4.79 Å². The van der Waals surface area contributed by atoms with Crippen LogP contribution in [0.2, 0.25) is 0 Å². The highest BCUT2D eigenvalue weighted by atomic mass is 32.1. The average Bonchev–Trinajstić information content (AvgIpc) is 3.20. The maximum atomic E-state index is 12.4. The third kappa shape index (κ3) is 4.46. The molecule has 0 atom stereocenters. The van der Waals surface area contributed by atoms with Gasteiger partial charge in [0.15, 0.2) is 0 Å². The van der Waals surface area contributed by atoms with Crippen LogP contribution in [-0.4, -0.2) is 22.5 Å². The number of amides is 2. The molecule has 2 amide bonds. The number of rotatable bonds is 5. The van der Waals surface area contributed by atoms with Gasteiger partial charge in [0.25, 0.3) is 0 Å². The molecule has 0 fully saturated rings. The average molecular weight is 379 g/mol. The van der Waals surface area contributed by atoms with E-state index in [4.69, 9.17) is 4.74 Å². The Kier molecular flexibility index (Phi) is 5.34. The second-order valence-electron chi connectivity index (χ2n) is 6.45. The molecule has 0 spiro atoms. The molecule has 1 aliphatic heterocycles. The number of nitrogens with zero attached hydrogens (tertiary/aromatic N) is 2. The van der Waals surface area contributed by atoms with Crippen molar-refractivity contribution in [2.45, 2.75) is 26.1 Å². The first kappa shape index (κ1) is 17.5. The van der Waals surface area contributed by atoms with E-state index < -0.39 is 0 Å². The molecule has 0 unspecified atom stereocenters. The van der Waals surface area contributed by atoms with Crippen molar-refractivity contribution in [2.24, 2.45) is 0 Å². The molecule has 1 aromatic carbocycles. The molecule has 1 N–H and O–H groups in total. The number of nitrogens with one attached hydrogen (secondary N) is 1. The van der Waals surface area contributed by atoms with E-state index in [2.05, 4.69) is 21.7 Å². The largest absolute Gasteiger partial charge is 0.487 e. The van der Waals surface area contributed by atoms with Crippen LogP contribution in [0.15, 0.2) is 60.1 Å². The van der Waals surface area contributed by atoms with E-state index in [0.717, 1.165) is 30.0 Å². The van der Waals surface area contributed by atoms with Crippen LogP contribution in [0, 0.1) is 0 Å². The van der Waals surface area contributed by atoms with Crippen LogP contribution in [0.3, 0.4) is 0 Å². The van der Waals surface area contributed by atoms with Gasteiger partial charge in [-0.2, -0.15) is 0 Å². The van der Waals surface area contributed by atoms with Crippen molar-refractivity contribution in [3.8, 4) is 5.75 Å². The van der Waals surface area contributed by atoms with Crippen LogP contribution in [0.5, 0.6) is 5.75 Å². The van der Waals surface area contributed by atoms with Gasteiger partial charge < -0.3 is 15.0 Å². The van der Waals surface area contributed by atoms with Gasteiger partial charge in [-0.15, -0.1) is 11.3 Å². The molecule has 138 valence electrons. The quantitative estimate of drug-likeness (QED) is 0.729. The molecule has 27 heavy (non-hydrogen) atoms. The van der Waals surface area contributed by atoms with Crippen molar-refractivity contribution >= 4 is 17.4 Å². The van der Waals surface area contributed by atoms with Gasteiger partial charge >= 0.3 is 6.03 Å². The summed E-state index contributed by atoms with van der Waals surface area (Å²) in [4.78, 5) is 19.9. The smallest absolute Gasteiger partial charge is 0.317 e. The highest BCUT2D eigenvalue weighted by Crippen LogP contribution is 2.24. The van der Waals surface area contributed by atoms with Crippen molar-refractivity contribution in [1.82, 2.24) is 15.2 Å². The Morgan fingerprint density at radius 3 is 2.89 bits per heavy atom. The Labute approximate surface area is 162 Å². The van der Waals surface area contributed by atoms with Crippen LogP contribution in [0.25, 0.3) is 0 Å². The number of fused-ring (bicyclic) bond motifs is 1. The van der Waals surface area contributed by atoms with E-state index in [1.54, 1.807) is 17.5 Å². The zero-order valence-corrected chi connectivity index (χ0v) is 15.7.